The number of thioether (sulfide) groups is 1. The Labute approximate surface area is 143 Å². The van der Waals surface area contributed by atoms with Gasteiger partial charge in [-0.2, -0.15) is 5.10 Å². The topological polar surface area (TPSA) is 81.0 Å². The molecular formula is C15H15N5O2S2. The van der Waals surface area contributed by atoms with Gasteiger partial charge in [-0.15, -0.1) is 11.8 Å². The molecule has 24 heavy (non-hydrogen) atoms. The van der Waals surface area contributed by atoms with Crippen LogP contribution in [0, 0.1) is 6.92 Å². The van der Waals surface area contributed by atoms with Crippen LogP contribution >= 0.6 is 11.8 Å². The second-order valence-electron chi connectivity index (χ2n) is 5.52. The van der Waals surface area contributed by atoms with Crippen LogP contribution in [0.3, 0.4) is 0 Å². The molecule has 1 aliphatic heterocycles. The summed E-state index contributed by atoms with van der Waals surface area (Å²) in [6, 6.07) is 3.49. The third-order valence-corrected chi connectivity index (χ3v) is 6.83. The highest BCUT2D eigenvalue weighted by molar-refractivity contribution is 8.00. The first-order chi connectivity index (χ1) is 11.5. The van der Waals surface area contributed by atoms with Gasteiger partial charge in [-0.3, -0.25) is 14.0 Å². The van der Waals surface area contributed by atoms with Gasteiger partial charge in [-0.25, -0.2) is 13.4 Å². The molecule has 0 spiro atoms. The summed E-state index contributed by atoms with van der Waals surface area (Å²) >= 11 is 1.64. The van der Waals surface area contributed by atoms with Crippen LogP contribution in [0.2, 0.25) is 0 Å². The average molecular weight is 361 g/mol. The molecule has 4 heterocycles. The first kappa shape index (κ1) is 15.4. The molecule has 1 aliphatic rings. The molecule has 0 aromatic carbocycles. The number of nitrogens with zero attached hydrogens (tertiary/aromatic N) is 5. The minimum atomic E-state index is -3.69. The lowest BCUT2D eigenvalue weighted by molar-refractivity contribution is 0.591. The maximum atomic E-state index is 13.1. The van der Waals surface area contributed by atoms with E-state index in [1.165, 1.54) is 10.5 Å². The van der Waals surface area contributed by atoms with Crippen LogP contribution in [0.25, 0.3) is 11.0 Å². The summed E-state index contributed by atoms with van der Waals surface area (Å²) in [6.07, 6.45) is 4.67. The lowest BCUT2D eigenvalue weighted by atomic mass is 10.3. The summed E-state index contributed by atoms with van der Waals surface area (Å²) in [7, 11) is -1.90. The van der Waals surface area contributed by atoms with Crippen molar-refractivity contribution in [1.82, 2.24) is 19.7 Å². The number of anilines is 1. The van der Waals surface area contributed by atoms with Crippen molar-refractivity contribution in [2.45, 2.75) is 16.7 Å². The Balaban J connectivity index is 1.86. The predicted molar refractivity (Wildman–Crippen MR) is 92.7 cm³/mol. The van der Waals surface area contributed by atoms with E-state index in [0.717, 1.165) is 16.0 Å². The van der Waals surface area contributed by atoms with E-state index in [2.05, 4.69) is 15.1 Å². The molecule has 9 heteroatoms. The van der Waals surface area contributed by atoms with Crippen molar-refractivity contribution in [2.24, 2.45) is 7.05 Å². The first-order valence-electron chi connectivity index (χ1n) is 7.37. The number of aryl methyl sites for hydroxylation is 2. The highest BCUT2D eigenvalue weighted by atomic mass is 32.2. The lowest BCUT2D eigenvalue weighted by Crippen LogP contribution is -2.35. The molecule has 0 bridgehead atoms. The Morgan fingerprint density at radius 1 is 1.29 bits per heavy atom. The zero-order valence-electron chi connectivity index (χ0n) is 13.2. The molecule has 4 rings (SSSR count). The molecule has 0 N–H and O–H groups in total. The first-order valence-corrected chi connectivity index (χ1v) is 9.80. The van der Waals surface area contributed by atoms with Crippen molar-refractivity contribution < 1.29 is 8.42 Å². The van der Waals surface area contributed by atoms with Crippen molar-refractivity contribution in [1.29, 1.82) is 0 Å². The molecule has 124 valence electrons. The monoisotopic (exact) mass is 361 g/mol. The van der Waals surface area contributed by atoms with Gasteiger partial charge in [0, 0.05) is 42.0 Å². The fraction of sp³-hybridized carbons (Fsp3) is 0.267. The highest BCUT2D eigenvalue weighted by Gasteiger charge is 2.30. The molecule has 3 aromatic heterocycles. The summed E-state index contributed by atoms with van der Waals surface area (Å²) < 4.78 is 29.3. The maximum Gasteiger partial charge on any atom is 0.265 e. The minimum absolute atomic E-state index is 0.174. The zero-order valence-corrected chi connectivity index (χ0v) is 14.8. The normalized spacial score (nSPS) is 14.8. The second-order valence-corrected chi connectivity index (χ2v) is 8.52. The SMILES string of the molecule is Cc1nn(C)c2ncc(S(=O)(=O)N3CCSc4ccncc43)cc12. The number of pyridine rings is 2. The van der Waals surface area contributed by atoms with E-state index in [1.807, 2.05) is 13.0 Å². The van der Waals surface area contributed by atoms with Gasteiger partial charge in [0.05, 0.1) is 17.6 Å². The molecule has 0 radical (unpaired) electrons. The summed E-state index contributed by atoms with van der Waals surface area (Å²) in [5, 5.41) is 5.04. The fourth-order valence-corrected chi connectivity index (χ4v) is 5.43. The molecule has 0 atom stereocenters. The number of aromatic nitrogens is 4. The Hall–Kier alpha value is -2.13. The Kier molecular flexibility index (Phi) is 3.50. The van der Waals surface area contributed by atoms with Crippen LogP contribution in [-0.2, 0) is 17.1 Å². The van der Waals surface area contributed by atoms with Crippen molar-refractivity contribution in [3.05, 3.63) is 36.4 Å². The second kappa shape index (κ2) is 5.45. The van der Waals surface area contributed by atoms with Crippen LogP contribution in [-0.4, -0.2) is 40.5 Å². The van der Waals surface area contributed by atoms with E-state index in [9.17, 15) is 8.42 Å². The number of hydrogen-bond acceptors (Lipinski definition) is 6. The van der Waals surface area contributed by atoms with Crippen LogP contribution in [0.5, 0.6) is 0 Å². The maximum absolute atomic E-state index is 13.1. The van der Waals surface area contributed by atoms with Crippen LogP contribution in [0.4, 0.5) is 5.69 Å². The number of fused-ring (bicyclic) bond motifs is 2. The number of hydrogen-bond donors (Lipinski definition) is 0. The molecular weight excluding hydrogens is 346 g/mol. The van der Waals surface area contributed by atoms with E-state index in [-0.39, 0.29) is 4.90 Å². The van der Waals surface area contributed by atoms with Gasteiger partial charge in [0.2, 0.25) is 0 Å². The molecule has 0 aliphatic carbocycles. The summed E-state index contributed by atoms with van der Waals surface area (Å²) in [5.41, 5.74) is 2.05. The Morgan fingerprint density at radius 2 is 2.12 bits per heavy atom. The lowest BCUT2D eigenvalue weighted by Gasteiger charge is -2.29. The summed E-state index contributed by atoms with van der Waals surface area (Å²) in [5.74, 6) is 0.706. The molecule has 0 amide bonds. The standard InChI is InChI=1S/C15H15N5O2S2/c1-10-12-7-11(8-17-15(12)19(2)18-10)24(21,22)20-5-6-23-14-3-4-16-9-13(14)20/h3-4,7-9H,5-6H2,1-2H3. The fourth-order valence-electron chi connectivity index (χ4n) is 2.85. The molecule has 0 unspecified atom stereocenters. The Bertz CT molecular complexity index is 1050. The highest BCUT2D eigenvalue weighted by Crippen LogP contribution is 2.37. The predicted octanol–water partition coefficient (Wildman–Crippen LogP) is 1.97. The van der Waals surface area contributed by atoms with E-state index >= 15 is 0 Å². The summed E-state index contributed by atoms with van der Waals surface area (Å²) in [4.78, 5) is 9.46. The Morgan fingerprint density at radius 3 is 2.96 bits per heavy atom. The smallest absolute Gasteiger partial charge is 0.263 e. The van der Waals surface area contributed by atoms with Crippen molar-refractivity contribution >= 4 is 38.5 Å². The molecule has 3 aromatic rings. The van der Waals surface area contributed by atoms with Gasteiger partial charge < -0.3 is 0 Å². The minimum Gasteiger partial charge on any atom is -0.263 e. The molecule has 0 saturated carbocycles. The number of sulfonamides is 1. The molecule has 7 nitrogen and oxygen atoms in total. The van der Waals surface area contributed by atoms with Gasteiger partial charge in [-0.05, 0) is 19.1 Å². The van der Waals surface area contributed by atoms with E-state index in [4.69, 9.17) is 0 Å². The summed E-state index contributed by atoms with van der Waals surface area (Å²) in [6.45, 7) is 2.26. The van der Waals surface area contributed by atoms with Gasteiger partial charge in [0.1, 0.15) is 4.90 Å². The quantitative estimate of drug-likeness (QED) is 0.694. The van der Waals surface area contributed by atoms with Crippen molar-refractivity contribution in [2.75, 3.05) is 16.6 Å². The van der Waals surface area contributed by atoms with Gasteiger partial charge >= 0.3 is 0 Å². The third-order valence-electron chi connectivity index (χ3n) is 4.01. The van der Waals surface area contributed by atoms with E-state index < -0.39 is 10.0 Å². The van der Waals surface area contributed by atoms with Crippen molar-refractivity contribution in [3.63, 3.8) is 0 Å². The average Bonchev–Trinajstić information content (AvgIpc) is 2.88. The van der Waals surface area contributed by atoms with E-state index in [0.29, 0.717) is 23.6 Å². The van der Waals surface area contributed by atoms with E-state index in [1.54, 1.807) is 42.0 Å². The van der Waals surface area contributed by atoms with Crippen LogP contribution < -0.4 is 4.31 Å². The van der Waals surface area contributed by atoms with Gasteiger partial charge in [0.25, 0.3) is 10.0 Å². The molecule has 0 fully saturated rings. The molecule has 0 saturated heterocycles. The number of rotatable bonds is 2. The largest absolute Gasteiger partial charge is 0.265 e. The third kappa shape index (κ3) is 2.27. The van der Waals surface area contributed by atoms with Crippen LogP contribution in [0.1, 0.15) is 5.69 Å². The van der Waals surface area contributed by atoms with Crippen molar-refractivity contribution in [3.8, 4) is 0 Å². The van der Waals surface area contributed by atoms with Gasteiger partial charge in [-0.1, -0.05) is 0 Å². The van der Waals surface area contributed by atoms with Gasteiger partial charge in [0.15, 0.2) is 5.65 Å². The zero-order chi connectivity index (χ0) is 16.9. The van der Waals surface area contributed by atoms with Crippen LogP contribution in [0.15, 0.2) is 40.5 Å².